The fraction of sp³-hybridized carbons (Fsp3) is 0.333. The Morgan fingerprint density at radius 2 is 2.22 bits per heavy atom. The molecule has 18 heavy (non-hydrogen) atoms. The van der Waals surface area contributed by atoms with Crippen molar-refractivity contribution in [2.24, 2.45) is 5.73 Å². The number of nitrogens with two attached hydrogens (primary N) is 1. The Morgan fingerprint density at radius 1 is 1.33 bits per heavy atom. The summed E-state index contributed by atoms with van der Waals surface area (Å²) in [6.07, 6.45) is 1.72. The van der Waals surface area contributed by atoms with E-state index in [-0.39, 0.29) is 12.4 Å². The van der Waals surface area contributed by atoms with Gasteiger partial charge in [-0.05, 0) is 12.1 Å². The van der Waals surface area contributed by atoms with Crippen LogP contribution in [-0.4, -0.2) is 21.3 Å². The maximum Gasteiger partial charge on any atom is 0.152 e. The van der Waals surface area contributed by atoms with E-state index in [1.54, 1.807) is 12.4 Å². The molecule has 0 aliphatic carbocycles. The number of nitrogens with zero attached hydrogens (tertiary/aromatic N) is 4. The summed E-state index contributed by atoms with van der Waals surface area (Å²) in [7, 11) is 0. The predicted octanol–water partition coefficient (Wildman–Crippen LogP) is 0.896. The molecule has 0 saturated carbocycles. The van der Waals surface area contributed by atoms with Gasteiger partial charge < -0.3 is 15.2 Å². The zero-order chi connectivity index (χ0) is 12.5. The lowest BCUT2D eigenvalue weighted by molar-refractivity contribution is 0.554. The number of aromatic nitrogens is 3. The number of rotatable bonds is 2. The van der Waals surface area contributed by atoms with Gasteiger partial charge in [-0.1, -0.05) is 6.07 Å². The smallest absolute Gasteiger partial charge is 0.152 e. The van der Waals surface area contributed by atoms with E-state index in [0.29, 0.717) is 12.1 Å². The normalized spacial score (nSPS) is 14.7. The van der Waals surface area contributed by atoms with Crippen molar-refractivity contribution >= 4 is 5.69 Å². The molecule has 0 amide bonds. The first kappa shape index (κ1) is 11.2. The second-order valence-electron chi connectivity index (χ2n) is 4.30. The quantitative estimate of drug-likeness (QED) is 0.856. The van der Waals surface area contributed by atoms with E-state index >= 15 is 0 Å². The molecule has 0 radical (unpaired) electrons. The molecule has 3 rings (SSSR count). The standard InChI is InChI=1S/C12H14FN5/c13-10-2-1-3-11(9(10)6-14)17-4-5-18-8-15-16-12(18)7-17/h1-3,8H,4-7,14H2. The van der Waals surface area contributed by atoms with Crippen LogP contribution < -0.4 is 10.6 Å². The predicted molar refractivity (Wildman–Crippen MR) is 65.4 cm³/mol. The van der Waals surface area contributed by atoms with Crippen LogP contribution in [0.25, 0.3) is 0 Å². The molecule has 94 valence electrons. The minimum absolute atomic E-state index is 0.200. The number of hydrogen-bond donors (Lipinski definition) is 1. The number of fused-ring (bicyclic) bond motifs is 1. The van der Waals surface area contributed by atoms with E-state index in [0.717, 1.165) is 24.6 Å². The maximum atomic E-state index is 13.7. The van der Waals surface area contributed by atoms with E-state index in [4.69, 9.17) is 5.73 Å². The molecule has 0 atom stereocenters. The van der Waals surface area contributed by atoms with Crippen molar-refractivity contribution < 1.29 is 4.39 Å². The Hall–Kier alpha value is -1.95. The van der Waals surface area contributed by atoms with Gasteiger partial charge in [0.2, 0.25) is 0 Å². The van der Waals surface area contributed by atoms with Gasteiger partial charge in [-0.25, -0.2) is 4.39 Å². The van der Waals surface area contributed by atoms with Gasteiger partial charge >= 0.3 is 0 Å². The lowest BCUT2D eigenvalue weighted by Gasteiger charge is -2.30. The Kier molecular flexibility index (Phi) is 2.71. The molecule has 2 N–H and O–H groups in total. The van der Waals surface area contributed by atoms with Gasteiger partial charge in [-0.15, -0.1) is 10.2 Å². The summed E-state index contributed by atoms with van der Waals surface area (Å²) in [5.74, 6) is 0.649. The molecule has 6 heteroatoms. The van der Waals surface area contributed by atoms with Crippen LogP contribution in [-0.2, 0) is 19.6 Å². The fourth-order valence-electron chi connectivity index (χ4n) is 2.32. The number of benzene rings is 1. The molecular weight excluding hydrogens is 233 g/mol. The van der Waals surface area contributed by atoms with Crippen LogP contribution in [0.4, 0.5) is 10.1 Å². The monoisotopic (exact) mass is 247 g/mol. The van der Waals surface area contributed by atoms with Crippen molar-refractivity contribution in [3.05, 3.63) is 41.7 Å². The van der Waals surface area contributed by atoms with Gasteiger partial charge in [-0.3, -0.25) is 0 Å². The Labute approximate surface area is 104 Å². The zero-order valence-electron chi connectivity index (χ0n) is 9.88. The van der Waals surface area contributed by atoms with Gasteiger partial charge in [0.25, 0.3) is 0 Å². The van der Waals surface area contributed by atoms with E-state index in [1.807, 2.05) is 10.6 Å². The van der Waals surface area contributed by atoms with Gasteiger partial charge in [0.15, 0.2) is 5.82 Å². The van der Waals surface area contributed by atoms with Crippen LogP contribution in [0.2, 0.25) is 0 Å². The summed E-state index contributed by atoms with van der Waals surface area (Å²) >= 11 is 0. The fourth-order valence-corrected chi connectivity index (χ4v) is 2.32. The van der Waals surface area contributed by atoms with Gasteiger partial charge in [0, 0.05) is 30.9 Å². The third kappa shape index (κ3) is 1.74. The molecule has 2 aromatic rings. The Balaban J connectivity index is 1.95. The summed E-state index contributed by atoms with van der Waals surface area (Å²) in [6.45, 7) is 2.45. The SMILES string of the molecule is NCc1c(F)cccc1N1CCn2cnnc2C1. The molecule has 0 spiro atoms. The maximum absolute atomic E-state index is 13.7. The summed E-state index contributed by atoms with van der Waals surface area (Å²) in [4.78, 5) is 2.09. The van der Waals surface area contributed by atoms with Gasteiger partial charge in [0.1, 0.15) is 12.1 Å². The van der Waals surface area contributed by atoms with Crippen molar-refractivity contribution in [3.8, 4) is 0 Å². The second kappa shape index (κ2) is 4.38. The molecule has 1 aliphatic rings. The van der Waals surface area contributed by atoms with Crippen LogP contribution in [0, 0.1) is 5.82 Å². The lowest BCUT2D eigenvalue weighted by atomic mass is 10.1. The third-order valence-electron chi connectivity index (χ3n) is 3.28. The van der Waals surface area contributed by atoms with Crippen molar-refractivity contribution in [1.29, 1.82) is 0 Å². The largest absolute Gasteiger partial charge is 0.362 e. The second-order valence-corrected chi connectivity index (χ2v) is 4.30. The lowest BCUT2D eigenvalue weighted by Crippen LogP contribution is -2.34. The summed E-state index contributed by atoms with van der Waals surface area (Å²) < 4.78 is 15.7. The molecule has 2 heterocycles. The van der Waals surface area contributed by atoms with E-state index in [2.05, 4.69) is 15.1 Å². The highest BCUT2D eigenvalue weighted by molar-refractivity contribution is 5.54. The van der Waals surface area contributed by atoms with Crippen molar-refractivity contribution in [2.45, 2.75) is 19.6 Å². The third-order valence-corrected chi connectivity index (χ3v) is 3.28. The molecule has 1 aliphatic heterocycles. The summed E-state index contributed by atoms with van der Waals surface area (Å²) in [6, 6.07) is 5.05. The first-order chi connectivity index (χ1) is 8.79. The van der Waals surface area contributed by atoms with Crippen LogP contribution in [0.15, 0.2) is 24.5 Å². The van der Waals surface area contributed by atoms with Crippen molar-refractivity contribution in [3.63, 3.8) is 0 Å². The molecule has 5 nitrogen and oxygen atoms in total. The molecule has 0 saturated heterocycles. The average Bonchev–Trinajstić information content (AvgIpc) is 2.85. The molecule has 0 unspecified atom stereocenters. The summed E-state index contributed by atoms with van der Waals surface area (Å²) in [5.41, 5.74) is 7.05. The van der Waals surface area contributed by atoms with Crippen LogP contribution in [0.3, 0.4) is 0 Å². The van der Waals surface area contributed by atoms with Crippen LogP contribution in [0.1, 0.15) is 11.4 Å². The first-order valence-corrected chi connectivity index (χ1v) is 5.88. The molecule has 0 bridgehead atoms. The number of halogens is 1. The van der Waals surface area contributed by atoms with E-state index < -0.39 is 0 Å². The highest BCUT2D eigenvalue weighted by Crippen LogP contribution is 2.25. The Morgan fingerprint density at radius 3 is 3.06 bits per heavy atom. The minimum atomic E-state index is -0.248. The number of hydrogen-bond acceptors (Lipinski definition) is 4. The molecule has 1 aromatic heterocycles. The van der Waals surface area contributed by atoms with Crippen LogP contribution >= 0.6 is 0 Å². The van der Waals surface area contributed by atoms with Crippen molar-refractivity contribution in [1.82, 2.24) is 14.8 Å². The summed E-state index contributed by atoms with van der Waals surface area (Å²) in [5, 5.41) is 7.94. The van der Waals surface area contributed by atoms with Gasteiger partial charge in [0.05, 0.1) is 6.54 Å². The molecular formula is C12H14FN5. The first-order valence-electron chi connectivity index (χ1n) is 5.88. The number of anilines is 1. The van der Waals surface area contributed by atoms with Crippen molar-refractivity contribution in [2.75, 3.05) is 11.4 Å². The molecule has 0 fully saturated rings. The van der Waals surface area contributed by atoms with Gasteiger partial charge in [-0.2, -0.15) is 0 Å². The highest BCUT2D eigenvalue weighted by atomic mass is 19.1. The topological polar surface area (TPSA) is 60.0 Å². The van der Waals surface area contributed by atoms with Crippen LogP contribution in [0.5, 0.6) is 0 Å². The van der Waals surface area contributed by atoms with E-state index in [1.165, 1.54) is 6.07 Å². The zero-order valence-corrected chi connectivity index (χ0v) is 9.88. The average molecular weight is 247 g/mol. The Bertz CT molecular complexity index is 565. The minimum Gasteiger partial charge on any atom is -0.362 e. The van der Waals surface area contributed by atoms with E-state index in [9.17, 15) is 4.39 Å². The highest BCUT2D eigenvalue weighted by Gasteiger charge is 2.20. The molecule has 1 aromatic carbocycles.